The molecule has 3 unspecified atom stereocenters. The van der Waals surface area contributed by atoms with Gasteiger partial charge in [0.05, 0.1) is 12.3 Å². The maximum atomic E-state index is 13.9. The van der Waals surface area contributed by atoms with Gasteiger partial charge in [0.25, 0.3) is 0 Å². The van der Waals surface area contributed by atoms with Crippen LogP contribution in [-0.4, -0.2) is 39.0 Å². The number of aliphatic carboxylic acids is 2. The van der Waals surface area contributed by atoms with E-state index in [2.05, 4.69) is 0 Å². The lowest BCUT2D eigenvalue weighted by Gasteiger charge is -2.36. The highest BCUT2D eigenvalue weighted by atomic mass is 35.5. The maximum absolute atomic E-state index is 13.9. The lowest BCUT2D eigenvalue weighted by molar-refractivity contribution is -0.151. The SMILES string of the molecule is CC(C(C/C=C/c1cc2ccccc2o1)c1ccc(Cl)cc1)N(Cc1ccc2ccccc2c1)C(=O)CC(CC(=O)O)C(=O)O. The number of nitrogens with zero attached hydrogens (tertiary/aromatic N) is 1. The molecule has 0 aliphatic heterocycles. The van der Waals surface area contributed by atoms with Crippen molar-refractivity contribution in [2.24, 2.45) is 5.92 Å². The van der Waals surface area contributed by atoms with E-state index in [1.165, 1.54) is 0 Å². The molecule has 0 saturated heterocycles. The first-order valence-electron chi connectivity index (χ1n) is 14.8. The van der Waals surface area contributed by atoms with Crippen LogP contribution in [0.4, 0.5) is 0 Å². The van der Waals surface area contributed by atoms with Crippen LogP contribution < -0.4 is 0 Å². The highest BCUT2D eigenvalue weighted by Crippen LogP contribution is 2.32. The Balaban J connectivity index is 1.48. The molecule has 1 amide bonds. The molecule has 8 heteroatoms. The zero-order valence-corrected chi connectivity index (χ0v) is 25.6. The smallest absolute Gasteiger partial charge is 0.307 e. The number of furan rings is 1. The highest BCUT2D eigenvalue weighted by molar-refractivity contribution is 6.30. The van der Waals surface area contributed by atoms with Crippen molar-refractivity contribution in [3.8, 4) is 0 Å². The Hall–Kier alpha value is -4.88. The van der Waals surface area contributed by atoms with Gasteiger partial charge < -0.3 is 19.5 Å². The lowest BCUT2D eigenvalue weighted by atomic mass is 9.87. The Morgan fingerprint density at radius 3 is 2.22 bits per heavy atom. The minimum absolute atomic E-state index is 0.199. The van der Waals surface area contributed by atoms with Gasteiger partial charge in [-0.25, -0.2) is 0 Å². The number of rotatable bonds is 13. The third-order valence-corrected chi connectivity index (χ3v) is 8.42. The summed E-state index contributed by atoms with van der Waals surface area (Å²) < 4.78 is 5.96. The summed E-state index contributed by atoms with van der Waals surface area (Å²) in [6.45, 7) is 2.17. The largest absolute Gasteiger partial charge is 0.481 e. The van der Waals surface area contributed by atoms with Gasteiger partial charge in [-0.3, -0.25) is 14.4 Å². The number of carbonyl (C=O) groups excluding carboxylic acids is 1. The summed E-state index contributed by atoms with van der Waals surface area (Å²) in [5, 5.41) is 22.7. The average molecular weight is 624 g/mol. The fraction of sp³-hybridized carbons (Fsp3) is 0.216. The molecule has 3 atom stereocenters. The molecule has 1 heterocycles. The van der Waals surface area contributed by atoms with Crippen LogP contribution in [0.25, 0.3) is 27.8 Å². The summed E-state index contributed by atoms with van der Waals surface area (Å²) in [4.78, 5) is 39.0. The van der Waals surface area contributed by atoms with Gasteiger partial charge in [0.1, 0.15) is 11.3 Å². The van der Waals surface area contributed by atoms with E-state index < -0.39 is 42.6 Å². The molecule has 0 aliphatic rings. The minimum Gasteiger partial charge on any atom is -0.481 e. The number of amides is 1. The summed E-state index contributed by atoms with van der Waals surface area (Å²) in [5.74, 6) is -3.84. The standard InChI is InChI=1S/C37H34ClNO6/c1-24(33(27-15-17-31(38)18-16-27)11-6-10-32-20-29-9-4-5-12-34(29)45-32)39(35(40)21-30(37(43)44)22-36(41)42)23-25-13-14-26-7-2-3-8-28(26)19-25/h2-10,12-20,24,30,33H,11,21-23H2,1H3,(H,41,42)(H,43,44)/b10-6+. The molecule has 0 radical (unpaired) electrons. The van der Waals surface area contributed by atoms with Gasteiger partial charge >= 0.3 is 11.9 Å². The van der Waals surface area contributed by atoms with E-state index in [1.54, 1.807) is 4.90 Å². The molecular formula is C37H34ClNO6. The fourth-order valence-corrected chi connectivity index (χ4v) is 5.86. The van der Waals surface area contributed by atoms with E-state index in [0.29, 0.717) is 17.2 Å². The van der Waals surface area contributed by atoms with Crippen LogP contribution in [0.2, 0.25) is 5.02 Å². The number of para-hydroxylation sites is 1. The second kappa shape index (κ2) is 14.3. The zero-order chi connectivity index (χ0) is 31.9. The molecule has 5 aromatic rings. The number of benzene rings is 4. The molecule has 7 nitrogen and oxygen atoms in total. The quantitative estimate of drug-likeness (QED) is 0.136. The minimum atomic E-state index is -1.34. The molecule has 0 fully saturated rings. The molecule has 0 aliphatic carbocycles. The highest BCUT2D eigenvalue weighted by Gasteiger charge is 2.32. The number of hydrogen-bond donors (Lipinski definition) is 2. The molecular weight excluding hydrogens is 590 g/mol. The third-order valence-electron chi connectivity index (χ3n) is 8.17. The molecule has 45 heavy (non-hydrogen) atoms. The van der Waals surface area contributed by atoms with Crippen molar-refractivity contribution in [1.82, 2.24) is 4.90 Å². The number of carbonyl (C=O) groups is 3. The second-order valence-electron chi connectivity index (χ2n) is 11.3. The number of allylic oxidation sites excluding steroid dienone is 1. The third kappa shape index (κ3) is 7.99. The molecule has 5 rings (SSSR count). The second-order valence-corrected chi connectivity index (χ2v) is 11.7. The zero-order valence-electron chi connectivity index (χ0n) is 24.8. The maximum Gasteiger partial charge on any atom is 0.307 e. The average Bonchev–Trinajstić information content (AvgIpc) is 3.44. The summed E-state index contributed by atoms with van der Waals surface area (Å²) >= 11 is 6.22. The van der Waals surface area contributed by atoms with Crippen molar-refractivity contribution in [1.29, 1.82) is 0 Å². The molecule has 4 aromatic carbocycles. The van der Waals surface area contributed by atoms with Crippen molar-refractivity contribution in [2.75, 3.05) is 0 Å². The van der Waals surface area contributed by atoms with Gasteiger partial charge in [0, 0.05) is 35.3 Å². The topological polar surface area (TPSA) is 108 Å². The summed E-state index contributed by atoms with van der Waals surface area (Å²) in [7, 11) is 0. The van der Waals surface area contributed by atoms with E-state index in [4.69, 9.17) is 16.0 Å². The van der Waals surface area contributed by atoms with Gasteiger partial charge in [-0.05, 0) is 71.7 Å². The van der Waals surface area contributed by atoms with Crippen molar-refractivity contribution < 1.29 is 29.0 Å². The van der Waals surface area contributed by atoms with E-state index in [0.717, 1.165) is 32.9 Å². The Kier molecular flexibility index (Phi) is 10.0. The van der Waals surface area contributed by atoms with Gasteiger partial charge in [-0.2, -0.15) is 0 Å². The van der Waals surface area contributed by atoms with Crippen LogP contribution in [0.15, 0.2) is 108 Å². The van der Waals surface area contributed by atoms with Gasteiger partial charge in [-0.15, -0.1) is 0 Å². The Morgan fingerprint density at radius 1 is 0.844 bits per heavy atom. The van der Waals surface area contributed by atoms with Gasteiger partial charge in [0.2, 0.25) is 5.91 Å². The Labute approximate surface area is 266 Å². The molecule has 0 spiro atoms. The normalized spacial score (nSPS) is 13.6. The number of halogens is 1. The molecule has 0 bridgehead atoms. The van der Waals surface area contributed by atoms with Crippen LogP contribution in [-0.2, 0) is 20.9 Å². The van der Waals surface area contributed by atoms with Crippen molar-refractivity contribution in [3.05, 3.63) is 125 Å². The van der Waals surface area contributed by atoms with Gasteiger partial charge in [-0.1, -0.05) is 84.4 Å². The predicted molar refractivity (Wildman–Crippen MR) is 176 cm³/mol. The van der Waals surface area contributed by atoms with Crippen LogP contribution in [0.3, 0.4) is 0 Å². The van der Waals surface area contributed by atoms with Gasteiger partial charge in [0.15, 0.2) is 0 Å². The monoisotopic (exact) mass is 623 g/mol. The van der Waals surface area contributed by atoms with Crippen LogP contribution >= 0.6 is 11.6 Å². The molecule has 0 saturated carbocycles. The molecule has 1 aromatic heterocycles. The van der Waals surface area contributed by atoms with E-state index in [9.17, 15) is 24.6 Å². The van der Waals surface area contributed by atoms with Crippen LogP contribution in [0.1, 0.15) is 49.0 Å². The first kappa shape index (κ1) is 31.5. The Morgan fingerprint density at radius 2 is 1.53 bits per heavy atom. The van der Waals surface area contributed by atoms with Crippen molar-refractivity contribution in [3.63, 3.8) is 0 Å². The summed E-state index contributed by atoms with van der Waals surface area (Å²) in [6, 6.07) is 30.7. The lowest BCUT2D eigenvalue weighted by Crippen LogP contribution is -2.43. The van der Waals surface area contributed by atoms with E-state index >= 15 is 0 Å². The van der Waals surface area contributed by atoms with Crippen molar-refractivity contribution in [2.45, 2.75) is 44.7 Å². The number of carboxylic acid groups (broad SMARTS) is 2. The number of fused-ring (bicyclic) bond motifs is 2. The van der Waals surface area contributed by atoms with Crippen LogP contribution in [0, 0.1) is 5.92 Å². The van der Waals surface area contributed by atoms with Crippen LogP contribution in [0.5, 0.6) is 0 Å². The first-order chi connectivity index (χ1) is 21.7. The summed E-state index contributed by atoms with van der Waals surface area (Å²) in [6.07, 6.45) is 3.40. The number of hydrogen-bond acceptors (Lipinski definition) is 4. The number of carboxylic acids is 2. The van der Waals surface area contributed by atoms with E-state index in [-0.39, 0.29) is 12.5 Å². The molecule has 230 valence electrons. The Bertz CT molecular complexity index is 1810. The molecule has 2 N–H and O–H groups in total. The summed E-state index contributed by atoms with van der Waals surface area (Å²) in [5.41, 5.74) is 2.63. The van der Waals surface area contributed by atoms with E-state index in [1.807, 2.05) is 116 Å². The first-order valence-corrected chi connectivity index (χ1v) is 15.2. The predicted octanol–water partition coefficient (Wildman–Crippen LogP) is 8.41. The van der Waals surface area contributed by atoms with Crippen molar-refractivity contribution >= 4 is 57.3 Å². The fourth-order valence-electron chi connectivity index (χ4n) is 5.73.